The van der Waals surface area contributed by atoms with Gasteiger partial charge in [-0.1, -0.05) is 6.42 Å². The zero-order chi connectivity index (χ0) is 17.3. The van der Waals surface area contributed by atoms with Gasteiger partial charge < -0.3 is 9.80 Å². The highest BCUT2D eigenvalue weighted by Gasteiger charge is 2.38. The zero-order valence-corrected chi connectivity index (χ0v) is 13.7. The first-order valence-corrected chi connectivity index (χ1v) is 8.41. The average molecular weight is 341 g/mol. The highest BCUT2D eigenvalue weighted by molar-refractivity contribution is 5.79. The molecular formula is C17H22F3N3O. The summed E-state index contributed by atoms with van der Waals surface area (Å²) in [4.78, 5) is 19.8. The molecule has 0 aromatic carbocycles. The number of aromatic nitrogens is 1. The Morgan fingerprint density at radius 1 is 1.29 bits per heavy atom. The lowest BCUT2D eigenvalue weighted by atomic mass is 9.84. The van der Waals surface area contributed by atoms with Gasteiger partial charge in [0.25, 0.3) is 0 Å². The van der Waals surface area contributed by atoms with Crippen LogP contribution in [-0.4, -0.2) is 42.0 Å². The molecule has 1 aliphatic heterocycles. The number of alkyl halides is 3. The maximum absolute atomic E-state index is 13.2. The molecule has 1 unspecified atom stereocenters. The van der Waals surface area contributed by atoms with Crippen molar-refractivity contribution in [1.82, 2.24) is 9.88 Å². The van der Waals surface area contributed by atoms with Gasteiger partial charge in [-0.05, 0) is 37.8 Å². The van der Waals surface area contributed by atoms with Crippen molar-refractivity contribution in [2.45, 2.75) is 44.3 Å². The number of amides is 1. The third-order valence-electron chi connectivity index (χ3n) is 5.14. The Morgan fingerprint density at radius 3 is 2.67 bits per heavy atom. The van der Waals surface area contributed by atoms with Crippen LogP contribution in [0.25, 0.3) is 0 Å². The number of piperidine rings is 1. The van der Waals surface area contributed by atoms with Gasteiger partial charge in [0.05, 0.1) is 5.56 Å². The Morgan fingerprint density at radius 2 is 2.04 bits per heavy atom. The van der Waals surface area contributed by atoms with Gasteiger partial charge in [-0.2, -0.15) is 13.2 Å². The molecule has 1 amide bonds. The number of likely N-dealkylation sites (tertiary alicyclic amines) is 1. The van der Waals surface area contributed by atoms with Crippen LogP contribution in [0.3, 0.4) is 0 Å². The molecule has 2 aliphatic rings. The number of pyridine rings is 1. The fourth-order valence-electron chi connectivity index (χ4n) is 3.46. The van der Waals surface area contributed by atoms with Crippen molar-refractivity contribution in [2.24, 2.45) is 5.92 Å². The van der Waals surface area contributed by atoms with E-state index in [1.165, 1.54) is 12.3 Å². The molecule has 0 bridgehead atoms. The molecule has 3 rings (SSSR count). The zero-order valence-electron chi connectivity index (χ0n) is 13.7. The first kappa shape index (κ1) is 17.0. The second-order valence-electron chi connectivity index (χ2n) is 6.69. The quantitative estimate of drug-likeness (QED) is 0.846. The van der Waals surface area contributed by atoms with Gasteiger partial charge >= 0.3 is 6.18 Å². The number of hydrogen-bond donors (Lipinski definition) is 0. The lowest BCUT2D eigenvalue weighted by molar-refractivity contribution is -0.140. The van der Waals surface area contributed by atoms with Gasteiger partial charge in [0.2, 0.25) is 5.91 Å². The van der Waals surface area contributed by atoms with E-state index < -0.39 is 11.7 Å². The summed E-state index contributed by atoms with van der Waals surface area (Å²) in [7, 11) is 1.64. The summed E-state index contributed by atoms with van der Waals surface area (Å²) in [6, 6.07) is 2.21. The lowest BCUT2D eigenvalue weighted by Gasteiger charge is -2.41. The summed E-state index contributed by atoms with van der Waals surface area (Å²) >= 11 is 0. The summed E-state index contributed by atoms with van der Waals surface area (Å²) in [5.41, 5.74) is -0.727. The Bertz CT molecular complexity index is 601. The molecule has 2 fully saturated rings. The molecule has 7 heteroatoms. The highest BCUT2D eigenvalue weighted by atomic mass is 19.4. The molecule has 1 aromatic rings. The van der Waals surface area contributed by atoms with Crippen LogP contribution in [0.15, 0.2) is 18.3 Å². The van der Waals surface area contributed by atoms with Crippen LogP contribution < -0.4 is 4.90 Å². The molecule has 1 aromatic heterocycles. The average Bonchev–Trinajstić information content (AvgIpc) is 2.52. The Balaban J connectivity index is 1.75. The number of rotatable bonds is 3. The maximum Gasteiger partial charge on any atom is 0.419 e. The van der Waals surface area contributed by atoms with Crippen LogP contribution in [0, 0.1) is 5.92 Å². The van der Waals surface area contributed by atoms with Crippen molar-refractivity contribution < 1.29 is 18.0 Å². The van der Waals surface area contributed by atoms with E-state index in [1.807, 2.05) is 4.90 Å². The standard InChI is InChI=1S/C17H22F3N3O/c1-22(15-14(17(18,19)20)8-3-9-21-15)13-7-4-10-23(11-13)16(24)12-5-2-6-12/h3,8-9,12-13H,2,4-7,10-11H2,1H3. The van der Waals surface area contributed by atoms with E-state index in [0.29, 0.717) is 13.1 Å². The van der Waals surface area contributed by atoms with Crippen LogP contribution in [0.4, 0.5) is 19.0 Å². The van der Waals surface area contributed by atoms with Gasteiger partial charge in [-0.25, -0.2) is 4.98 Å². The Labute approximate surface area is 139 Å². The molecular weight excluding hydrogens is 319 g/mol. The van der Waals surface area contributed by atoms with E-state index in [9.17, 15) is 18.0 Å². The Hall–Kier alpha value is -1.79. The normalized spacial score (nSPS) is 22.2. The van der Waals surface area contributed by atoms with Gasteiger partial charge in [-0.15, -0.1) is 0 Å². The summed E-state index contributed by atoms with van der Waals surface area (Å²) in [5.74, 6) is 0.221. The molecule has 0 N–H and O–H groups in total. The minimum atomic E-state index is -4.44. The van der Waals surface area contributed by atoms with Gasteiger partial charge in [-0.3, -0.25) is 4.79 Å². The molecule has 1 aliphatic carbocycles. The van der Waals surface area contributed by atoms with Crippen molar-refractivity contribution in [2.75, 3.05) is 25.0 Å². The van der Waals surface area contributed by atoms with E-state index in [2.05, 4.69) is 4.98 Å². The molecule has 132 valence electrons. The van der Waals surface area contributed by atoms with Crippen molar-refractivity contribution in [3.05, 3.63) is 23.9 Å². The molecule has 24 heavy (non-hydrogen) atoms. The van der Waals surface area contributed by atoms with Gasteiger partial charge in [0.15, 0.2) is 0 Å². The molecule has 4 nitrogen and oxygen atoms in total. The summed E-state index contributed by atoms with van der Waals surface area (Å²) in [6.07, 6.45) is 1.48. The molecule has 2 heterocycles. The molecule has 1 saturated carbocycles. The van der Waals surface area contributed by atoms with E-state index >= 15 is 0 Å². The first-order chi connectivity index (χ1) is 11.4. The molecule has 1 atom stereocenters. The van der Waals surface area contributed by atoms with E-state index in [1.54, 1.807) is 11.9 Å². The van der Waals surface area contributed by atoms with Crippen LogP contribution >= 0.6 is 0 Å². The second-order valence-corrected chi connectivity index (χ2v) is 6.69. The number of nitrogens with zero attached hydrogens (tertiary/aromatic N) is 3. The first-order valence-electron chi connectivity index (χ1n) is 8.41. The molecule has 1 saturated heterocycles. The fourth-order valence-corrected chi connectivity index (χ4v) is 3.46. The largest absolute Gasteiger partial charge is 0.419 e. The van der Waals surface area contributed by atoms with Crippen LogP contribution in [0.1, 0.15) is 37.7 Å². The van der Waals surface area contributed by atoms with Crippen molar-refractivity contribution in [1.29, 1.82) is 0 Å². The number of carbonyl (C=O) groups excluding carboxylic acids is 1. The van der Waals surface area contributed by atoms with Crippen LogP contribution in [0.2, 0.25) is 0 Å². The third kappa shape index (κ3) is 3.35. The smallest absolute Gasteiger partial charge is 0.354 e. The number of hydrogen-bond acceptors (Lipinski definition) is 3. The van der Waals surface area contributed by atoms with Crippen molar-refractivity contribution in [3.63, 3.8) is 0 Å². The number of halogens is 3. The lowest BCUT2D eigenvalue weighted by Crippen LogP contribution is -2.51. The minimum absolute atomic E-state index is 0.0621. The Kier molecular flexibility index (Phi) is 4.69. The predicted octanol–water partition coefficient (Wildman–Crippen LogP) is 3.33. The van der Waals surface area contributed by atoms with Gasteiger partial charge in [0, 0.05) is 38.3 Å². The summed E-state index contributed by atoms with van der Waals surface area (Å²) in [6.45, 7) is 1.17. The number of anilines is 1. The second kappa shape index (κ2) is 6.61. The molecule has 0 radical (unpaired) electrons. The summed E-state index contributed by atoms with van der Waals surface area (Å²) in [5, 5.41) is 0. The predicted molar refractivity (Wildman–Crippen MR) is 84.6 cm³/mol. The van der Waals surface area contributed by atoms with E-state index in [0.717, 1.165) is 38.2 Å². The summed E-state index contributed by atoms with van der Waals surface area (Å²) < 4.78 is 39.6. The van der Waals surface area contributed by atoms with Crippen LogP contribution in [0.5, 0.6) is 0 Å². The monoisotopic (exact) mass is 341 g/mol. The van der Waals surface area contributed by atoms with Crippen LogP contribution in [-0.2, 0) is 11.0 Å². The van der Waals surface area contributed by atoms with Gasteiger partial charge in [0.1, 0.15) is 5.82 Å². The van der Waals surface area contributed by atoms with E-state index in [4.69, 9.17) is 0 Å². The molecule has 0 spiro atoms. The topological polar surface area (TPSA) is 36.4 Å². The fraction of sp³-hybridized carbons (Fsp3) is 0.647. The SMILES string of the molecule is CN(c1ncccc1C(F)(F)F)C1CCCN(C(=O)C2CCC2)C1. The van der Waals surface area contributed by atoms with Crippen molar-refractivity contribution >= 4 is 11.7 Å². The van der Waals surface area contributed by atoms with E-state index in [-0.39, 0.29) is 23.7 Å². The maximum atomic E-state index is 13.2. The highest BCUT2D eigenvalue weighted by Crippen LogP contribution is 2.36. The number of likely N-dealkylation sites (N-methyl/N-ethyl adjacent to an activating group) is 1. The van der Waals surface area contributed by atoms with Crippen molar-refractivity contribution in [3.8, 4) is 0 Å². The number of carbonyl (C=O) groups is 1. The third-order valence-corrected chi connectivity index (χ3v) is 5.14. The minimum Gasteiger partial charge on any atom is -0.354 e.